The van der Waals surface area contributed by atoms with Crippen molar-refractivity contribution in [1.82, 2.24) is 24.8 Å². The van der Waals surface area contributed by atoms with Gasteiger partial charge in [0.1, 0.15) is 11.6 Å². The lowest BCUT2D eigenvalue weighted by Crippen LogP contribution is -2.55. The Balaban J connectivity index is 1.30. The first-order valence-electron chi connectivity index (χ1n) is 15.2. The molecule has 45 heavy (non-hydrogen) atoms. The number of rotatable bonds is 6. The van der Waals surface area contributed by atoms with Crippen molar-refractivity contribution in [3.8, 4) is 0 Å². The van der Waals surface area contributed by atoms with E-state index in [1.807, 2.05) is 18.7 Å². The van der Waals surface area contributed by atoms with Crippen LogP contribution >= 0.6 is 0 Å². The molecule has 1 saturated carbocycles. The first-order valence-corrected chi connectivity index (χ1v) is 15.2. The van der Waals surface area contributed by atoms with E-state index in [0.717, 1.165) is 24.2 Å². The Hall–Kier alpha value is -3.79. The van der Waals surface area contributed by atoms with Crippen molar-refractivity contribution < 1.29 is 32.2 Å². The SMILES string of the molecule is C[C@@H]1CN(c2ncc(N3C(=O)C(C)(C)c4c(NC5CCC5)nc(COC(=N)N5CCOCC5C(F)(F)F)nc43)cn2)C[C@H](C)O1. The van der Waals surface area contributed by atoms with Crippen LogP contribution in [0, 0.1) is 5.41 Å². The summed E-state index contributed by atoms with van der Waals surface area (Å²) >= 11 is 0. The summed E-state index contributed by atoms with van der Waals surface area (Å²) in [4.78, 5) is 36.7. The predicted octanol–water partition coefficient (Wildman–Crippen LogP) is 3.51. The Labute approximate surface area is 259 Å². The molecule has 0 bridgehead atoms. The molecule has 244 valence electrons. The molecule has 2 N–H and O–H groups in total. The summed E-state index contributed by atoms with van der Waals surface area (Å²) in [6, 6.07) is -2.48. The second-order valence-corrected chi connectivity index (χ2v) is 12.5. The van der Waals surface area contributed by atoms with Gasteiger partial charge in [-0.3, -0.25) is 15.1 Å². The van der Waals surface area contributed by atoms with Crippen molar-refractivity contribution in [3.05, 3.63) is 23.8 Å². The largest absolute Gasteiger partial charge is 0.457 e. The fourth-order valence-corrected chi connectivity index (χ4v) is 6.14. The molecule has 1 amide bonds. The number of carbonyl (C=O) groups is 1. The van der Waals surface area contributed by atoms with Gasteiger partial charge in [-0.1, -0.05) is 0 Å². The number of hydrogen-bond donors (Lipinski definition) is 2. The number of amidine groups is 1. The Morgan fingerprint density at radius 3 is 2.47 bits per heavy atom. The average Bonchev–Trinajstić information content (AvgIpc) is 3.17. The summed E-state index contributed by atoms with van der Waals surface area (Å²) in [6.07, 6.45) is 1.56. The van der Waals surface area contributed by atoms with Crippen molar-refractivity contribution >= 4 is 35.2 Å². The van der Waals surface area contributed by atoms with E-state index in [-0.39, 0.29) is 49.7 Å². The van der Waals surface area contributed by atoms with E-state index in [0.29, 0.717) is 41.9 Å². The zero-order valence-electron chi connectivity index (χ0n) is 25.7. The average molecular weight is 634 g/mol. The topological polar surface area (TPSA) is 142 Å². The summed E-state index contributed by atoms with van der Waals surface area (Å²) in [5.41, 5.74) is 0.0113. The second kappa shape index (κ2) is 11.9. The Morgan fingerprint density at radius 2 is 1.84 bits per heavy atom. The molecule has 3 aliphatic heterocycles. The monoisotopic (exact) mass is 633 g/mol. The minimum Gasteiger partial charge on any atom is -0.457 e. The lowest BCUT2D eigenvalue weighted by atomic mass is 9.86. The lowest BCUT2D eigenvalue weighted by molar-refractivity contribution is -0.202. The van der Waals surface area contributed by atoms with Gasteiger partial charge in [0.05, 0.1) is 54.5 Å². The van der Waals surface area contributed by atoms with E-state index in [2.05, 4.69) is 25.3 Å². The first kappa shape index (κ1) is 31.2. The van der Waals surface area contributed by atoms with Crippen LogP contribution in [0.3, 0.4) is 0 Å². The van der Waals surface area contributed by atoms with Gasteiger partial charge in [-0.05, 0) is 47.0 Å². The van der Waals surface area contributed by atoms with Crippen molar-refractivity contribution in [2.75, 3.05) is 48.0 Å². The first-order chi connectivity index (χ1) is 21.3. The summed E-state index contributed by atoms with van der Waals surface area (Å²) in [5, 5.41) is 11.7. The predicted molar refractivity (Wildman–Crippen MR) is 158 cm³/mol. The zero-order valence-corrected chi connectivity index (χ0v) is 25.7. The van der Waals surface area contributed by atoms with Gasteiger partial charge in [0, 0.05) is 25.7 Å². The van der Waals surface area contributed by atoms with E-state index >= 15 is 0 Å². The maximum absolute atomic E-state index is 14.0. The van der Waals surface area contributed by atoms with Crippen LogP contribution in [0.25, 0.3) is 0 Å². The van der Waals surface area contributed by atoms with Crippen LogP contribution in [-0.2, 0) is 31.0 Å². The molecule has 2 aromatic rings. The highest BCUT2D eigenvalue weighted by atomic mass is 19.4. The number of carbonyl (C=O) groups excluding carboxylic acids is 1. The van der Waals surface area contributed by atoms with Gasteiger partial charge >= 0.3 is 6.18 Å². The van der Waals surface area contributed by atoms with Crippen LogP contribution in [0.15, 0.2) is 12.4 Å². The third-order valence-corrected chi connectivity index (χ3v) is 8.65. The number of morpholine rings is 2. The van der Waals surface area contributed by atoms with Crippen molar-refractivity contribution in [1.29, 1.82) is 5.41 Å². The number of nitrogens with zero attached hydrogens (tertiary/aromatic N) is 7. The Bertz CT molecular complexity index is 1430. The van der Waals surface area contributed by atoms with E-state index in [9.17, 15) is 18.0 Å². The molecule has 6 rings (SSSR count). The van der Waals surface area contributed by atoms with Crippen LogP contribution in [0.4, 0.5) is 36.4 Å². The third kappa shape index (κ3) is 6.09. The summed E-state index contributed by atoms with van der Waals surface area (Å²) in [7, 11) is 0. The summed E-state index contributed by atoms with van der Waals surface area (Å²) < 4.78 is 57.1. The minimum atomic E-state index is -4.59. The van der Waals surface area contributed by atoms with Crippen LogP contribution in [-0.4, -0.2) is 100 Å². The lowest BCUT2D eigenvalue weighted by Gasteiger charge is -2.37. The number of anilines is 4. The van der Waals surface area contributed by atoms with Gasteiger partial charge in [-0.25, -0.2) is 19.9 Å². The number of fused-ring (bicyclic) bond motifs is 1. The molecule has 4 aliphatic rings. The molecule has 0 radical (unpaired) electrons. The van der Waals surface area contributed by atoms with Gasteiger partial charge in [0.2, 0.25) is 11.9 Å². The van der Waals surface area contributed by atoms with Crippen LogP contribution in [0.2, 0.25) is 0 Å². The minimum absolute atomic E-state index is 0.0212. The molecular formula is C29H38F3N9O4. The number of alkyl halides is 3. The number of nitrogens with one attached hydrogen (secondary N) is 2. The van der Waals surface area contributed by atoms with Crippen molar-refractivity contribution in [2.24, 2.45) is 0 Å². The van der Waals surface area contributed by atoms with E-state index in [1.54, 1.807) is 26.2 Å². The third-order valence-electron chi connectivity index (χ3n) is 8.65. The Morgan fingerprint density at radius 1 is 1.16 bits per heavy atom. The fraction of sp³-hybridized carbons (Fsp3) is 0.655. The molecule has 5 heterocycles. The number of aromatic nitrogens is 4. The number of hydrogen-bond acceptors (Lipinski definition) is 11. The number of halogens is 3. The molecule has 2 aromatic heterocycles. The number of amides is 1. The van der Waals surface area contributed by atoms with Gasteiger partial charge in [0.25, 0.3) is 6.02 Å². The molecule has 2 saturated heterocycles. The van der Waals surface area contributed by atoms with E-state index in [4.69, 9.17) is 19.6 Å². The van der Waals surface area contributed by atoms with Gasteiger partial charge < -0.3 is 29.3 Å². The smallest absolute Gasteiger partial charge is 0.411 e. The molecular weight excluding hydrogens is 595 g/mol. The van der Waals surface area contributed by atoms with Crippen LogP contribution in [0.1, 0.15) is 58.3 Å². The molecule has 3 atom stereocenters. The molecule has 1 unspecified atom stereocenters. The maximum Gasteiger partial charge on any atom is 0.411 e. The second-order valence-electron chi connectivity index (χ2n) is 12.5. The normalized spacial score (nSPS) is 25.2. The highest BCUT2D eigenvalue weighted by molar-refractivity contribution is 6.12. The zero-order chi connectivity index (χ0) is 32.1. The highest BCUT2D eigenvalue weighted by Crippen LogP contribution is 2.47. The van der Waals surface area contributed by atoms with Gasteiger partial charge in [-0.15, -0.1) is 0 Å². The van der Waals surface area contributed by atoms with Gasteiger partial charge in [0.15, 0.2) is 18.5 Å². The molecule has 3 fully saturated rings. The van der Waals surface area contributed by atoms with Crippen molar-refractivity contribution in [2.45, 2.75) is 89.4 Å². The molecule has 0 spiro atoms. The van der Waals surface area contributed by atoms with E-state index in [1.165, 1.54) is 4.90 Å². The molecule has 16 heteroatoms. The molecule has 13 nitrogen and oxygen atoms in total. The Kier molecular flexibility index (Phi) is 8.22. The van der Waals surface area contributed by atoms with Crippen LogP contribution < -0.4 is 15.1 Å². The fourth-order valence-electron chi connectivity index (χ4n) is 6.14. The molecule has 1 aliphatic carbocycles. The number of ether oxygens (including phenoxy) is 3. The highest BCUT2D eigenvalue weighted by Gasteiger charge is 2.50. The van der Waals surface area contributed by atoms with E-state index < -0.39 is 30.3 Å². The van der Waals surface area contributed by atoms with Gasteiger partial charge in [-0.2, -0.15) is 13.2 Å². The van der Waals surface area contributed by atoms with Crippen molar-refractivity contribution in [3.63, 3.8) is 0 Å². The summed E-state index contributed by atoms with van der Waals surface area (Å²) in [6.45, 7) is 7.80. The summed E-state index contributed by atoms with van der Waals surface area (Å²) in [5.74, 6) is 1.16. The molecule has 0 aromatic carbocycles. The standard InChI is InChI=1S/C29H38F3N9O4/c1-16-12-39(13-17(2)45-16)27-34-10-19(11-35-27)41-24-22(28(3,4)25(41)42)23(36-18-6-5-7-18)37-21(38-24)15-44-26(33)40-8-9-43-14-20(40)29(30,31)32/h10-11,16-18,20,33H,5-9,12-15H2,1-4H3,(H,36,37,38)/t16-,17+,20?. The van der Waals surface area contributed by atoms with Crippen LogP contribution in [0.5, 0.6) is 0 Å². The maximum atomic E-state index is 14.0. The quantitative estimate of drug-likeness (QED) is 0.357.